The summed E-state index contributed by atoms with van der Waals surface area (Å²) in [4.78, 5) is 0. The Hall–Kier alpha value is -1.08. The van der Waals surface area contributed by atoms with Crippen molar-refractivity contribution in [3.63, 3.8) is 0 Å². The van der Waals surface area contributed by atoms with Crippen molar-refractivity contribution < 1.29 is 0 Å². The van der Waals surface area contributed by atoms with Gasteiger partial charge in [0.2, 0.25) is 0 Å². The van der Waals surface area contributed by atoms with E-state index >= 15 is 0 Å². The van der Waals surface area contributed by atoms with Gasteiger partial charge >= 0.3 is 0 Å². The maximum absolute atomic E-state index is 3.99. The number of benzene rings is 1. The highest BCUT2D eigenvalue weighted by Gasteiger charge is 2.20. The number of hydrogen-bond donors (Lipinski definition) is 1. The van der Waals surface area contributed by atoms with E-state index in [1.54, 1.807) is 0 Å². The van der Waals surface area contributed by atoms with Crippen molar-refractivity contribution in [2.24, 2.45) is 5.41 Å². The van der Waals surface area contributed by atoms with E-state index in [0.717, 1.165) is 19.5 Å². The molecule has 0 saturated carbocycles. The maximum Gasteiger partial charge on any atom is 0.00428 e. The van der Waals surface area contributed by atoms with Gasteiger partial charge in [-0.3, -0.25) is 0 Å². The summed E-state index contributed by atoms with van der Waals surface area (Å²) in [5, 5.41) is 3.42. The Morgan fingerprint density at radius 3 is 2.29 bits per heavy atom. The maximum atomic E-state index is 3.99. The summed E-state index contributed by atoms with van der Waals surface area (Å²) in [5.74, 6) is 0. The Morgan fingerprint density at radius 2 is 1.82 bits per heavy atom. The first-order chi connectivity index (χ1) is 7.99. The molecule has 1 unspecified atom stereocenters. The van der Waals surface area contributed by atoms with Gasteiger partial charge in [0.05, 0.1) is 0 Å². The molecule has 0 aliphatic rings. The molecule has 0 bridgehead atoms. The minimum Gasteiger partial charge on any atom is -0.316 e. The zero-order chi connectivity index (χ0) is 12.9. The number of rotatable bonds is 6. The van der Waals surface area contributed by atoms with Gasteiger partial charge in [-0.05, 0) is 32.4 Å². The number of aryl methyl sites for hydroxylation is 2. The van der Waals surface area contributed by atoms with Crippen molar-refractivity contribution in [1.29, 1.82) is 0 Å². The molecule has 0 aliphatic heterocycles. The van der Waals surface area contributed by atoms with Gasteiger partial charge in [0, 0.05) is 12.0 Å². The molecular formula is C16H25N. The zero-order valence-corrected chi connectivity index (χ0v) is 11.6. The summed E-state index contributed by atoms with van der Waals surface area (Å²) in [6, 6.07) is 6.78. The highest BCUT2D eigenvalue weighted by molar-refractivity contribution is 5.29. The Kier molecular flexibility index (Phi) is 4.95. The molecule has 1 aromatic rings. The van der Waals surface area contributed by atoms with E-state index in [-0.39, 0.29) is 5.41 Å². The van der Waals surface area contributed by atoms with Crippen LogP contribution in [0.5, 0.6) is 0 Å². The summed E-state index contributed by atoms with van der Waals surface area (Å²) < 4.78 is 0. The van der Waals surface area contributed by atoms with Crippen LogP contribution >= 0.6 is 0 Å². The fourth-order valence-electron chi connectivity index (χ4n) is 2.25. The van der Waals surface area contributed by atoms with Crippen LogP contribution in [0.15, 0.2) is 30.9 Å². The van der Waals surface area contributed by atoms with Crippen LogP contribution in [0, 0.1) is 19.3 Å². The van der Waals surface area contributed by atoms with E-state index in [1.807, 2.05) is 0 Å². The molecule has 1 heteroatoms. The third-order valence-corrected chi connectivity index (χ3v) is 3.16. The van der Waals surface area contributed by atoms with Gasteiger partial charge in [-0.25, -0.2) is 0 Å². The molecule has 94 valence electrons. The lowest BCUT2D eigenvalue weighted by molar-refractivity contribution is 0.396. The quantitative estimate of drug-likeness (QED) is 0.737. The largest absolute Gasteiger partial charge is 0.316 e. The highest BCUT2D eigenvalue weighted by Crippen LogP contribution is 2.24. The first-order valence-electron chi connectivity index (χ1n) is 6.40. The lowest BCUT2D eigenvalue weighted by Crippen LogP contribution is -2.31. The van der Waals surface area contributed by atoms with E-state index < -0.39 is 0 Å². The van der Waals surface area contributed by atoms with Crippen molar-refractivity contribution in [3.05, 3.63) is 47.5 Å². The Balaban J connectivity index is 2.82. The fourth-order valence-corrected chi connectivity index (χ4v) is 2.25. The molecule has 0 heterocycles. The van der Waals surface area contributed by atoms with Gasteiger partial charge in [-0.2, -0.15) is 0 Å². The normalized spacial score (nSPS) is 14.4. The molecule has 0 aromatic heterocycles. The van der Waals surface area contributed by atoms with Crippen LogP contribution in [0.4, 0.5) is 0 Å². The van der Waals surface area contributed by atoms with Gasteiger partial charge in [0.1, 0.15) is 0 Å². The van der Waals surface area contributed by atoms with Crippen LogP contribution in [0.3, 0.4) is 0 Å². The standard InChI is InChI=1S/C16H25N/c1-6-16(5,12-17-7-2)11-15-9-13(3)8-14(4)10-15/h6,8-10,17H,1,7,11-12H2,2-5H3. The fraction of sp³-hybridized carbons (Fsp3) is 0.500. The zero-order valence-electron chi connectivity index (χ0n) is 11.6. The van der Waals surface area contributed by atoms with Crippen molar-refractivity contribution >= 4 is 0 Å². The van der Waals surface area contributed by atoms with Crippen LogP contribution in [0.1, 0.15) is 30.5 Å². The molecule has 0 aliphatic carbocycles. The van der Waals surface area contributed by atoms with Crippen LogP contribution < -0.4 is 5.32 Å². The monoisotopic (exact) mass is 231 g/mol. The van der Waals surface area contributed by atoms with Gasteiger partial charge in [0.25, 0.3) is 0 Å². The van der Waals surface area contributed by atoms with Gasteiger partial charge in [-0.15, -0.1) is 6.58 Å². The third kappa shape index (κ3) is 4.35. The second kappa shape index (κ2) is 6.02. The van der Waals surface area contributed by atoms with E-state index in [9.17, 15) is 0 Å². The molecular weight excluding hydrogens is 206 g/mol. The third-order valence-electron chi connectivity index (χ3n) is 3.16. The van der Waals surface area contributed by atoms with E-state index in [4.69, 9.17) is 0 Å². The minimum absolute atomic E-state index is 0.135. The molecule has 0 saturated heterocycles. The molecule has 1 aromatic carbocycles. The summed E-state index contributed by atoms with van der Waals surface area (Å²) in [6.45, 7) is 14.7. The highest BCUT2D eigenvalue weighted by atomic mass is 14.9. The summed E-state index contributed by atoms with van der Waals surface area (Å²) in [5.41, 5.74) is 4.23. The van der Waals surface area contributed by atoms with Gasteiger partial charge < -0.3 is 5.32 Å². The predicted octanol–water partition coefficient (Wildman–Crippen LogP) is 3.65. The van der Waals surface area contributed by atoms with Gasteiger partial charge in [0.15, 0.2) is 0 Å². The molecule has 17 heavy (non-hydrogen) atoms. The Labute approximate surface area is 106 Å². The molecule has 0 fully saturated rings. The molecule has 1 rings (SSSR count). The lowest BCUT2D eigenvalue weighted by atomic mass is 9.83. The molecule has 0 radical (unpaired) electrons. The Morgan fingerprint density at radius 1 is 1.24 bits per heavy atom. The molecule has 1 nitrogen and oxygen atoms in total. The summed E-state index contributed by atoms with van der Waals surface area (Å²) >= 11 is 0. The second-order valence-corrected chi connectivity index (χ2v) is 5.31. The van der Waals surface area contributed by atoms with Crippen LogP contribution in [-0.4, -0.2) is 13.1 Å². The molecule has 0 spiro atoms. The van der Waals surface area contributed by atoms with Crippen LogP contribution in [0.25, 0.3) is 0 Å². The van der Waals surface area contributed by atoms with E-state index in [0.29, 0.717) is 0 Å². The van der Waals surface area contributed by atoms with Crippen LogP contribution in [-0.2, 0) is 6.42 Å². The van der Waals surface area contributed by atoms with Crippen molar-refractivity contribution in [3.8, 4) is 0 Å². The molecule has 1 N–H and O–H groups in total. The van der Waals surface area contributed by atoms with Gasteiger partial charge in [-0.1, -0.05) is 49.2 Å². The topological polar surface area (TPSA) is 12.0 Å². The average molecular weight is 231 g/mol. The number of nitrogens with one attached hydrogen (secondary N) is 1. The first kappa shape index (κ1) is 14.0. The predicted molar refractivity (Wildman–Crippen MR) is 76.5 cm³/mol. The SMILES string of the molecule is C=CC(C)(CNCC)Cc1cc(C)cc(C)c1. The Bertz CT molecular complexity index is 361. The van der Waals surface area contributed by atoms with E-state index in [2.05, 4.69) is 63.9 Å². The smallest absolute Gasteiger partial charge is 0.00428 e. The first-order valence-corrected chi connectivity index (χ1v) is 6.40. The summed E-state index contributed by atoms with van der Waals surface area (Å²) in [7, 11) is 0. The van der Waals surface area contributed by atoms with E-state index in [1.165, 1.54) is 16.7 Å². The summed E-state index contributed by atoms with van der Waals surface area (Å²) in [6.07, 6.45) is 3.12. The number of hydrogen-bond acceptors (Lipinski definition) is 1. The van der Waals surface area contributed by atoms with Crippen molar-refractivity contribution in [2.75, 3.05) is 13.1 Å². The molecule has 0 amide bonds. The molecule has 1 atom stereocenters. The average Bonchev–Trinajstić information content (AvgIpc) is 2.25. The van der Waals surface area contributed by atoms with Crippen LogP contribution in [0.2, 0.25) is 0 Å². The second-order valence-electron chi connectivity index (χ2n) is 5.31. The minimum atomic E-state index is 0.135. The lowest BCUT2D eigenvalue weighted by Gasteiger charge is -2.26. The van der Waals surface area contributed by atoms with Crippen molar-refractivity contribution in [1.82, 2.24) is 5.32 Å². The van der Waals surface area contributed by atoms with Crippen molar-refractivity contribution in [2.45, 2.75) is 34.1 Å².